The van der Waals surface area contributed by atoms with Crippen LogP contribution >= 0.6 is 11.6 Å². The second-order valence-corrected chi connectivity index (χ2v) is 5.32. The van der Waals surface area contributed by atoms with Gasteiger partial charge in [-0.15, -0.1) is 0 Å². The topological polar surface area (TPSA) is 59.6 Å². The maximum Gasteiger partial charge on any atom is 0.319 e. The van der Waals surface area contributed by atoms with E-state index in [0.29, 0.717) is 18.8 Å². The van der Waals surface area contributed by atoms with E-state index in [2.05, 4.69) is 10.6 Å². The molecule has 0 unspecified atom stereocenters. The number of amides is 2. The molecule has 0 aromatic heterocycles. The summed E-state index contributed by atoms with van der Waals surface area (Å²) in [6.45, 7) is 4.36. The van der Waals surface area contributed by atoms with Crippen LogP contribution in [-0.2, 0) is 9.47 Å². The van der Waals surface area contributed by atoms with Crippen LogP contribution in [0.2, 0.25) is 5.02 Å². The summed E-state index contributed by atoms with van der Waals surface area (Å²) in [5.41, 5.74) is 0.342. The van der Waals surface area contributed by atoms with Gasteiger partial charge in [0.05, 0.1) is 17.3 Å². The monoisotopic (exact) mass is 302 g/mol. The third-order valence-electron chi connectivity index (χ3n) is 2.74. The maximum absolute atomic E-state index is 12.9. The lowest BCUT2D eigenvalue weighted by Gasteiger charge is -2.17. The van der Waals surface area contributed by atoms with Gasteiger partial charge in [-0.25, -0.2) is 9.18 Å². The summed E-state index contributed by atoms with van der Waals surface area (Å²) in [5, 5.41) is 5.32. The van der Waals surface area contributed by atoms with Crippen LogP contribution < -0.4 is 10.6 Å². The molecule has 1 aromatic carbocycles. The van der Waals surface area contributed by atoms with E-state index in [9.17, 15) is 9.18 Å². The predicted octanol–water partition coefficient (Wildman–Crippen LogP) is 2.75. The van der Waals surface area contributed by atoms with E-state index >= 15 is 0 Å². The average molecular weight is 303 g/mol. The molecule has 2 N–H and O–H groups in total. The number of ether oxygens (including phenoxy) is 2. The Morgan fingerprint density at radius 3 is 2.90 bits per heavy atom. The lowest BCUT2D eigenvalue weighted by molar-refractivity contribution is -0.137. The second kappa shape index (κ2) is 5.95. The molecule has 5 nitrogen and oxygen atoms in total. The highest BCUT2D eigenvalue weighted by Gasteiger charge is 2.32. The SMILES string of the molecule is CC1(C)OC[C@H](CNC(=O)Nc2ccc(F)cc2Cl)O1. The van der Waals surface area contributed by atoms with Crippen LogP contribution in [0.4, 0.5) is 14.9 Å². The molecule has 2 amide bonds. The van der Waals surface area contributed by atoms with Crippen LogP contribution in [-0.4, -0.2) is 31.1 Å². The third-order valence-corrected chi connectivity index (χ3v) is 3.05. The summed E-state index contributed by atoms with van der Waals surface area (Å²) in [5.74, 6) is -1.08. The lowest BCUT2D eigenvalue weighted by Crippen LogP contribution is -2.37. The van der Waals surface area contributed by atoms with Gasteiger partial charge in [0.25, 0.3) is 0 Å². The van der Waals surface area contributed by atoms with E-state index in [-0.39, 0.29) is 11.1 Å². The predicted molar refractivity (Wildman–Crippen MR) is 73.3 cm³/mol. The van der Waals surface area contributed by atoms with Crippen molar-refractivity contribution in [1.82, 2.24) is 5.32 Å². The van der Waals surface area contributed by atoms with Gasteiger partial charge in [-0.2, -0.15) is 0 Å². The third kappa shape index (κ3) is 4.06. The van der Waals surface area contributed by atoms with Crippen molar-refractivity contribution in [3.8, 4) is 0 Å². The summed E-state index contributed by atoms with van der Waals surface area (Å²) in [4.78, 5) is 11.7. The molecule has 0 bridgehead atoms. The Morgan fingerprint density at radius 2 is 2.30 bits per heavy atom. The Bertz CT molecular complexity index is 510. The van der Waals surface area contributed by atoms with E-state index < -0.39 is 17.6 Å². The summed E-state index contributed by atoms with van der Waals surface area (Å²) in [6, 6.07) is 3.31. The fraction of sp³-hybridized carbons (Fsp3) is 0.462. The van der Waals surface area contributed by atoms with Gasteiger partial charge in [0.15, 0.2) is 5.79 Å². The van der Waals surface area contributed by atoms with E-state index in [0.717, 1.165) is 6.07 Å². The summed E-state index contributed by atoms with van der Waals surface area (Å²) >= 11 is 5.81. The number of hydrogen-bond acceptors (Lipinski definition) is 3. The van der Waals surface area contributed by atoms with E-state index in [1.54, 1.807) is 0 Å². The zero-order chi connectivity index (χ0) is 14.8. The first kappa shape index (κ1) is 15.0. The number of halogens is 2. The van der Waals surface area contributed by atoms with Gasteiger partial charge in [-0.3, -0.25) is 0 Å². The molecule has 1 aliphatic rings. The van der Waals surface area contributed by atoms with Crippen LogP contribution in [0, 0.1) is 5.82 Å². The largest absolute Gasteiger partial charge is 0.348 e. The lowest BCUT2D eigenvalue weighted by atomic mass is 10.3. The Balaban J connectivity index is 1.81. The van der Waals surface area contributed by atoms with Crippen LogP contribution in [0.3, 0.4) is 0 Å². The highest BCUT2D eigenvalue weighted by Crippen LogP contribution is 2.23. The average Bonchev–Trinajstić information content (AvgIpc) is 2.70. The van der Waals surface area contributed by atoms with Gasteiger partial charge in [0.2, 0.25) is 0 Å². The molecule has 1 aliphatic heterocycles. The molecule has 1 atom stereocenters. The highest BCUT2D eigenvalue weighted by molar-refractivity contribution is 6.33. The van der Waals surface area contributed by atoms with Gasteiger partial charge in [-0.05, 0) is 32.0 Å². The van der Waals surface area contributed by atoms with Gasteiger partial charge in [0, 0.05) is 6.54 Å². The fourth-order valence-corrected chi connectivity index (χ4v) is 2.04. The standard InChI is InChI=1S/C13H16ClFN2O3/c1-13(2)19-7-9(20-13)6-16-12(18)17-11-4-3-8(15)5-10(11)14/h3-5,9H,6-7H2,1-2H3,(H2,16,17,18)/t9-/m0/s1. The smallest absolute Gasteiger partial charge is 0.319 e. The molecular formula is C13H16ClFN2O3. The normalized spacial score (nSPS) is 20.7. The molecule has 0 radical (unpaired) electrons. The number of anilines is 1. The minimum absolute atomic E-state index is 0.140. The van der Waals surface area contributed by atoms with Gasteiger partial charge in [0.1, 0.15) is 11.9 Å². The molecule has 2 rings (SSSR count). The molecule has 20 heavy (non-hydrogen) atoms. The molecule has 0 saturated carbocycles. The van der Waals surface area contributed by atoms with Crippen molar-refractivity contribution in [2.24, 2.45) is 0 Å². The van der Waals surface area contributed by atoms with E-state index in [4.69, 9.17) is 21.1 Å². The van der Waals surface area contributed by atoms with Crippen molar-refractivity contribution in [3.63, 3.8) is 0 Å². The Kier molecular flexibility index (Phi) is 4.47. The molecule has 1 heterocycles. The van der Waals surface area contributed by atoms with Crippen LogP contribution in [0.1, 0.15) is 13.8 Å². The molecule has 0 spiro atoms. The van der Waals surface area contributed by atoms with Gasteiger partial charge >= 0.3 is 6.03 Å². The number of nitrogens with one attached hydrogen (secondary N) is 2. The van der Waals surface area contributed by atoms with Crippen LogP contribution in [0.25, 0.3) is 0 Å². The number of benzene rings is 1. The first-order valence-electron chi connectivity index (χ1n) is 6.17. The van der Waals surface area contributed by atoms with Gasteiger partial charge in [-0.1, -0.05) is 11.6 Å². The van der Waals surface area contributed by atoms with Crippen molar-refractivity contribution < 1.29 is 18.7 Å². The van der Waals surface area contributed by atoms with Crippen molar-refractivity contribution in [1.29, 1.82) is 0 Å². The Labute approximate surface area is 121 Å². The second-order valence-electron chi connectivity index (χ2n) is 4.91. The summed E-state index contributed by atoms with van der Waals surface area (Å²) < 4.78 is 23.8. The van der Waals surface area contributed by atoms with Crippen molar-refractivity contribution in [3.05, 3.63) is 29.0 Å². The van der Waals surface area contributed by atoms with E-state index in [1.807, 2.05) is 13.8 Å². The van der Waals surface area contributed by atoms with Gasteiger partial charge < -0.3 is 20.1 Å². The molecule has 1 saturated heterocycles. The fourth-order valence-electron chi connectivity index (χ4n) is 1.83. The molecule has 110 valence electrons. The van der Waals surface area contributed by atoms with E-state index in [1.165, 1.54) is 12.1 Å². The molecule has 7 heteroatoms. The Hall–Kier alpha value is -1.37. The number of carbonyl (C=O) groups is 1. The maximum atomic E-state index is 12.9. The summed E-state index contributed by atoms with van der Waals surface area (Å²) in [7, 11) is 0. The molecule has 1 aromatic rings. The molecule has 1 fully saturated rings. The Morgan fingerprint density at radius 1 is 1.55 bits per heavy atom. The zero-order valence-corrected chi connectivity index (χ0v) is 12.0. The quantitative estimate of drug-likeness (QED) is 0.902. The first-order valence-corrected chi connectivity index (χ1v) is 6.55. The number of urea groups is 1. The highest BCUT2D eigenvalue weighted by atomic mass is 35.5. The van der Waals surface area contributed by atoms with Crippen LogP contribution in [0.15, 0.2) is 18.2 Å². The zero-order valence-electron chi connectivity index (χ0n) is 11.2. The number of hydrogen-bond donors (Lipinski definition) is 2. The minimum atomic E-state index is -0.622. The minimum Gasteiger partial charge on any atom is -0.348 e. The van der Waals surface area contributed by atoms with Crippen LogP contribution in [0.5, 0.6) is 0 Å². The van der Waals surface area contributed by atoms with Crippen molar-refractivity contribution in [2.75, 3.05) is 18.5 Å². The number of rotatable bonds is 3. The summed E-state index contributed by atoms with van der Waals surface area (Å²) in [6.07, 6.45) is -0.195. The molecule has 0 aliphatic carbocycles. The van der Waals surface area contributed by atoms with Crippen molar-refractivity contribution in [2.45, 2.75) is 25.7 Å². The van der Waals surface area contributed by atoms with Crippen molar-refractivity contribution >= 4 is 23.3 Å². The molecular weight excluding hydrogens is 287 g/mol. The number of carbonyl (C=O) groups excluding carboxylic acids is 1. The first-order chi connectivity index (χ1) is 9.35.